The summed E-state index contributed by atoms with van der Waals surface area (Å²) < 4.78 is 0. The van der Waals surface area contributed by atoms with E-state index in [0.717, 1.165) is 5.82 Å². The molecule has 1 saturated heterocycles. The third kappa shape index (κ3) is 0.499. The normalized spacial score (nSPS) is 24.0. The summed E-state index contributed by atoms with van der Waals surface area (Å²) in [6.07, 6.45) is 2.97. The van der Waals surface area contributed by atoms with Gasteiger partial charge < -0.3 is 0 Å². The molecule has 2 heteroatoms. The van der Waals surface area contributed by atoms with Crippen molar-refractivity contribution in [3.8, 4) is 0 Å². The lowest BCUT2D eigenvalue weighted by atomic mass is 9.45. The molecule has 0 radical (unpaired) electrons. The van der Waals surface area contributed by atoms with Crippen LogP contribution in [0, 0.1) is 0 Å². The fourth-order valence-corrected chi connectivity index (χ4v) is 0.612. The van der Waals surface area contributed by atoms with E-state index in [4.69, 9.17) is 0 Å². The van der Waals surface area contributed by atoms with Gasteiger partial charge in [0, 0.05) is 0 Å². The van der Waals surface area contributed by atoms with Crippen molar-refractivity contribution in [1.29, 1.82) is 0 Å². The van der Waals surface area contributed by atoms with Gasteiger partial charge in [0.2, 0.25) is 0 Å². The van der Waals surface area contributed by atoms with Crippen molar-refractivity contribution >= 4 is 15.1 Å². The highest BCUT2D eigenvalue weighted by atomic mass is 13.9. The van der Waals surface area contributed by atoms with Crippen molar-refractivity contribution in [2.45, 2.75) is 18.5 Å². The zero-order valence-electron chi connectivity index (χ0n) is 3.70. The SMILES string of the molecule is BC1CBC1. The summed E-state index contributed by atoms with van der Waals surface area (Å²) in [7, 11) is 3.80. The molecule has 5 heavy (non-hydrogen) atoms. The van der Waals surface area contributed by atoms with Crippen LogP contribution >= 0.6 is 0 Å². The van der Waals surface area contributed by atoms with Gasteiger partial charge in [-0.15, -0.1) is 0 Å². The van der Waals surface area contributed by atoms with Crippen molar-refractivity contribution in [2.24, 2.45) is 0 Å². The third-order valence-electron chi connectivity index (χ3n) is 1.39. The lowest BCUT2D eigenvalue weighted by Gasteiger charge is -2.17. The molecule has 0 nitrogen and oxygen atoms in total. The standard InChI is InChI=1S/C3H8B2/c4-3-1-5-2-3/h3,5H,1-2,4H2. The maximum atomic E-state index is 2.31. The van der Waals surface area contributed by atoms with E-state index < -0.39 is 0 Å². The highest BCUT2D eigenvalue weighted by Crippen LogP contribution is 2.22. The molecule has 0 saturated carbocycles. The minimum atomic E-state index is 1.06. The summed E-state index contributed by atoms with van der Waals surface area (Å²) in [5.74, 6) is 1.06. The van der Waals surface area contributed by atoms with E-state index in [-0.39, 0.29) is 0 Å². The molecule has 0 bridgehead atoms. The molecule has 1 aliphatic rings. The fraction of sp³-hybridized carbons (Fsp3) is 1.00. The van der Waals surface area contributed by atoms with Crippen molar-refractivity contribution < 1.29 is 0 Å². The molecule has 1 heterocycles. The minimum absolute atomic E-state index is 1.06. The average molecular weight is 65.7 g/mol. The quantitative estimate of drug-likeness (QED) is 0.340. The molecule has 26 valence electrons. The second kappa shape index (κ2) is 1.08. The van der Waals surface area contributed by atoms with Crippen LogP contribution in [-0.4, -0.2) is 15.1 Å². The van der Waals surface area contributed by atoms with Crippen LogP contribution in [0.3, 0.4) is 0 Å². The largest absolute Gasteiger partial charge is 0.119 e. The van der Waals surface area contributed by atoms with Crippen molar-refractivity contribution in [2.75, 3.05) is 0 Å². The molecule has 0 N–H and O–H groups in total. The Balaban J connectivity index is 2.08. The minimum Gasteiger partial charge on any atom is -0.0829 e. The first-order chi connectivity index (χ1) is 2.39. The third-order valence-corrected chi connectivity index (χ3v) is 1.39. The summed E-state index contributed by atoms with van der Waals surface area (Å²) in [5.41, 5.74) is 0. The summed E-state index contributed by atoms with van der Waals surface area (Å²) in [6, 6.07) is 0. The zero-order chi connectivity index (χ0) is 3.70. The van der Waals surface area contributed by atoms with Crippen LogP contribution in [0.1, 0.15) is 0 Å². The summed E-state index contributed by atoms with van der Waals surface area (Å²) >= 11 is 0. The Morgan fingerprint density at radius 2 is 2.00 bits per heavy atom. The van der Waals surface area contributed by atoms with E-state index in [2.05, 4.69) is 7.85 Å². The van der Waals surface area contributed by atoms with E-state index in [9.17, 15) is 0 Å². The molecule has 1 aliphatic heterocycles. The maximum absolute atomic E-state index is 2.31. The van der Waals surface area contributed by atoms with E-state index in [0.29, 0.717) is 0 Å². The molecule has 0 aromatic carbocycles. The summed E-state index contributed by atoms with van der Waals surface area (Å²) in [6.45, 7) is 0. The number of hydrogen-bond donors (Lipinski definition) is 0. The van der Waals surface area contributed by atoms with Crippen LogP contribution < -0.4 is 0 Å². The predicted octanol–water partition coefficient (Wildman–Crippen LogP) is -0.305. The molecule has 0 unspecified atom stereocenters. The Kier molecular flexibility index (Phi) is 0.716. The van der Waals surface area contributed by atoms with Gasteiger partial charge in [-0.25, -0.2) is 0 Å². The van der Waals surface area contributed by atoms with Gasteiger partial charge in [0.05, 0.1) is 0 Å². The molecular formula is C3H8B2. The van der Waals surface area contributed by atoms with Gasteiger partial charge in [0.25, 0.3) is 0 Å². The Hall–Kier alpha value is 0.130. The lowest BCUT2D eigenvalue weighted by Crippen LogP contribution is -2.10. The number of hydrogen-bond acceptors (Lipinski definition) is 0. The van der Waals surface area contributed by atoms with Gasteiger partial charge in [-0.1, -0.05) is 18.5 Å². The van der Waals surface area contributed by atoms with Gasteiger partial charge in [-0.05, 0) is 0 Å². The highest BCUT2D eigenvalue weighted by molar-refractivity contribution is 6.45. The molecule has 0 aromatic rings. The van der Waals surface area contributed by atoms with Gasteiger partial charge in [0.1, 0.15) is 15.1 Å². The first-order valence-corrected chi connectivity index (χ1v) is 2.39. The molecule has 0 aliphatic carbocycles. The van der Waals surface area contributed by atoms with Crippen molar-refractivity contribution in [3.05, 3.63) is 0 Å². The molecule has 0 atom stereocenters. The van der Waals surface area contributed by atoms with E-state index >= 15 is 0 Å². The fourth-order valence-electron chi connectivity index (χ4n) is 0.612. The summed E-state index contributed by atoms with van der Waals surface area (Å²) in [5, 5.41) is 0. The molecule has 0 amide bonds. The predicted molar refractivity (Wildman–Crippen MR) is 29.1 cm³/mol. The van der Waals surface area contributed by atoms with Crippen LogP contribution in [0.5, 0.6) is 0 Å². The van der Waals surface area contributed by atoms with Crippen molar-refractivity contribution in [1.82, 2.24) is 0 Å². The molecule has 0 aromatic heterocycles. The Bertz CT molecular complexity index is 31.9. The first kappa shape index (κ1) is 3.32. The van der Waals surface area contributed by atoms with Gasteiger partial charge in [-0.2, -0.15) is 0 Å². The smallest absolute Gasteiger partial charge is 0.0829 e. The maximum Gasteiger partial charge on any atom is 0.119 e. The van der Waals surface area contributed by atoms with E-state index in [1.165, 1.54) is 19.9 Å². The van der Waals surface area contributed by atoms with Crippen molar-refractivity contribution in [3.63, 3.8) is 0 Å². The Labute approximate surface area is 34.6 Å². The van der Waals surface area contributed by atoms with Crippen LogP contribution in [-0.2, 0) is 0 Å². The molecule has 1 fully saturated rings. The molecule has 1 rings (SSSR count). The molecule has 0 spiro atoms. The summed E-state index contributed by atoms with van der Waals surface area (Å²) in [4.78, 5) is 0. The zero-order valence-corrected chi connectivity index (χ0v) is 3.70. The van der Waals surface area contributed by atoms with E-state index in [1.807, 2.05) is 0 Å². The molecular weight excluding hydrogens is 57.7 g/mol. The highest BCUT2D eigenvalue weighted by Gasteiger charge is 2.11. The average Bonchev–Trinajstić information content (AvgIpc) is 1.30. The monoisotopic (exact) mass is 66.1 g/mol. The first-order valence-electron chi connectivity index (χ1n) is 2.39. The van der Waals surface area contributed by atoms with Gasteiger partial charge in [-0.3, -0.25) is 0 Å². The van der Waals surface area contributed by atoms with Crippen LogP contribution in [0.2, 0.25) is 18.5 Å². The Morgan fingerprint density at radius 1 is 1.60 bits per heavy atom. The van der Waals surface area contributed by atoms with Crippen LogP contribution in [0.4, 0.5) is 0 Å². The topological polar surface area (TPSA) is 0 Å². The second-order valence-electron chi connectivity index (χ2n) is 2.04. The Morgan fingerprint density at radius 3 is 2.00 bits per heavy atom. The van der Waals surface area contributed by atoms with Gasteiger partial charge in [0.15, 0.2) is 0 Å². The second-order valence-corrected chi connectivity index (χ2v) is 2.04. The van der Waals surface area contributed by atoms with E-state index in [1.54, 1.807) is 0 Å². The van der Waals surface area contributed by atoms with Crippen LogP contribution in [0.25, 0.3) is 0 Å². The number of rotatable bonds is 0. The van der Waals surface area contributed by atoms with Crippen LogP contribution in [0.15, 0.2) is 0 Å². The van der Waals surface area contributed by atoms with Gasteiger partial charge >= 0.3 is 0 Å². The lowest BCUT2D eigenvalue weighted by molar-refractivity contribution is 0.963.